The van der Waals surface area contributed by atoms with Gasteiger partial charge in [-0.25, -0.2) is 4.98 Å². The molecule has 0 spiro atoms. The van der Waals surface area contributed by atoms with E-state index in [9.17, 15) is 4.79 Å². The number of piperidine rings is 1. The fraction of sp³-hybridized carbons (Fsp3) is 0.400. The molecule has 33 heavy (non-hydrogen) atoms. The number of nitrogens with zero attached hydrogens (tertiary/aromatic N) is 5. The van der Waals surface area contributed by atoms with E-state index < -0.39 is 0 Å². The lowest BCUT2D eigenvalue weighted by Gasteiger charge is -2.31. The van der Waals surface area contributed by atoms with Crippen LogP contribution in [0.4, 0.5) is 5.82 Å². The van der Waals surface area contributed by atoms with Crippen molar-refractivity contribution in [3.8, 4) is 11.4 Å². The van der Waals surface area contributed by atoms with Crippen LogP contribution in [-0.2, 0) is 4.79 Å². The van der Waals surface area contributed by atoms with Gasteiger partial charge in [0, 0.05) is 36.3 Å². The number of carbonyl (C=O) groups excluding carboxylic acids is 1. The van der Waals surface area contributed by atoms with Crippen LogP contribution in [0.1, 0.15) is 37.4 Å². The van der Waals surface area contributed by atoms with E-state index in [0.717, 1.165) is 72.5 Å². The number of para-hydroxylation sites is 1. The smallest absolute Gasteiger partial charge is 0.222 e. The average molecular weight is 446 g/mol. The number of likely N-dealkylation sites (tertiary alicyclic amines) is 1. The van der Waals surface area contributed by atoms with Crippen LogP contribution < -0.4 is 5.73 Å². The minimum atomic E-state index is 0.242. The number of amides is 1. The lowest BCUT2D eigenvalue weighted by Crippen LogP contribution is -2.38. The Bertz CT molecular complexity index is 1250. The summed E-state index contributed by atoms with van der Waals surface area (Å²) in [5.41, 5.74) is 10.2. The van der Waals surface area contributed by atoms with Gasteiger partial charge < -0.3 is 20.5 Å². The first-order valence-corrected chi connectivity index (χ1v) is 11.6. The predicted octanol–water partition coefficient (Wildman–Crippen LogP) is 3.51. The maximum absolute atomic E-state index is 12.6. The van der Waals surface area contributed by atoms with Gasteiger partial charge in [0.1, 0.15) is 17.3 Å². The van der Waals surface area contributed by atoms with Gasteiger partial charge in [-0.2, -0.15) is 0 Å². The van der Waals surface area contributed by atoms with Crippen molar-refractivity contribution in [2.24, 2.45) is 0 Å². The molecule has 8 nitrogen and oxygen atoms in total. The second-order valence-electron chi connectivity index (χ2n) is 9.20. The van der Waals surface area contributed by atoms with E-state index in [1.807, 2.05) is 41.7 Å². The number of rotatable bonds is 6. The molecule has 3 N–H and O–H groups in total. The monoisotopic (exact) mass is 445 g/mol. The van der Waals surface area contributed by atoms with Gasteiger partial charge in [-0.05, 0) is 52.0 Å². The van der Waals surface area contributed by atoms with Gasteiger partial charge in [0.2, 0.25) is 5.91 Å². The summed E-state index contributed by atoms with van der Waals surface area (Å²) in [5, 5.41) is 1.15. The van der Waals surface area contributed by atoms with E-state index in [2.05, 4.69) is 33.1 Å². The van der Waals surface area contributed by atoms with Crippen molar-refractivity contribution in [3.05, 3.63) is 48.5 Å². The lowest BCUT2D eigenvalue weighted by molar-refractivity contribution is -0.132. The first-order chi connectivity index (χ1) is 16.0. The van der Waals surface area contributed by atoms with Gasteiger partial charge in [-0.1, -0.05) is 18.2 Å². The molecule has 0 unspecified atom stereocenters. The van der Waals surface area contributed by atoms with Crippen LogP contribution in [-0.4, -0.2) is 68.8 Å². The van der Waals surface area contributed by atoms with Gasteiger partial charge in [0.05, 0.1) is 23.6 Å². The van der Waals surface area contributed by atoms with E-state index in [1.165, 1.54) is 0 Å². The Labute approximate surface area is 193 Å². The number of nitrogen functional groups attached to an aromatic ring is 1. The number of fused-ring (bicyclic) bond motifs is 2. The van der Waals surface area contributed by atoms with Gasteiger partial charge in [-0.3, -0.25) is 14.2 Å². The molecule has 8 heteroatoms. The molecule has 3 aromatic heterocycles. The van der Waals surface area contributed by atoms with Gasteiger partial charge in [0.15, 0.2) is 0 Å². The fourth-order valence-electron chi connectivity index (χ4n) is 4.85. The molecule has 1 amide bonds. The zero-order valence-electron chi connectivity index (χ0n) is 19.3. The third kappa shape index (κ3) is 4.18. The molecular weight excluding hydrogens is 414 g/mol. The number of aromatic nitrogens is 4. The zero-order valence-corrected chi connectivity index (χ0v) is 19.3. The van der Waals surface area contributed by atoms with Crippen molar-refractivity contribution < 1.29 is 4.79 Å². The second-order valence-corrected chi connectivity index (χ2v) is 9.20. The number of aromatic amines is 1. The van der Waals surface area contributed by atoms with E-state index in [1.54, 1.807) is 6.20 Å². The van der Waals surface area contributed by atoms with E-state index >= 15 is 0 Å². The number of hydrogen-bond donors (Lipinski definition) is 2. The van der Waals surface area contributed by atoms with Gasteiger partial charge in [0.25, 0.3) is 0 Å². The SMILES string of the molecule is CN(C)CCCC(=O)N1CCC(c2nc(-c3cc4ccccc4[nH]3)c3cncc(N)n23)CC1. The molecule has 1 aliphatic heterocycles. The molecule has 0 bridgehead atoms. The minimum Gasteiger partial charge on any atom is -0.383 e. The molecule has 4 aromatic rings. The molecule has 5 rings (SSSR count). The number of imidazole rings is 1. The highest BCUT2D eigenvalue weighted by Crippen LogP contribution is 2.34. The van der Waals surface area contributed by atoms with Crippen LogP contribution in [0.2, 0.25) is 0 Å². The molecule has 4 heterocycles. The van der Waals surface area contributed by atoms with E-state index in [0.29, 0.717) is 12.2 Å². The molecular formula is C25H31N7O. The van der Waals surface area contributed by atoms with Gasteiger partial charge >= 0.3 is 0 Å². The Hall–Kier alpha value is -3.39. The highest BCUT2D eigenvalue weighted by atomic mass is 16.2. The number of carbonyl (C=O) groups is 1. The standard InChI is InChI=1S/C25H31N7O/c1-30(2)11-5-8-23(33)31-12-9-17(10-13-31)25-29-24(21-15-27-16-22(26)32(21)25)20-14-18-6-3-4-7-19(18)28-20/h3-4,6-7,14-17,28H,5,8-13,26H2,1-2H3. The topological polar surface area (TPSA) is 95.5 Å². The summed E-state index contributed by atoms with van der Waals surface area (Å²) >= 11 is 0. The summed E-state index contributed by atoms with van der Waals surface area (Å²) in [6.07, 6.45) is 6.78. The van der Waals surface area contributed by atoms with E-state index in [-0.39, 0.29) is 11.8 Å². The van der Waals surface area contributed by atoms with Crippen molar-refractivity contribution in [1.29, 1.82) is 0 Å². The number of H-pyrrole nitrogens is 1. The average Bonchev–Trinajstić information content (AvgIpc) is 3.41. The molecule has 0 aliphatic carbocycles. The minimum absolute atomic E-state index is 0.242. The van der Waals surface area contributed by atoms with Crippen molar-refractivity contribution in [2.75, 3.05) is 39.5 Å². The molecule has 0 saturated carbocycles. The summed E-state index contributed by atoms with van der Waals surface area (Å²) < 4.78 is 2.03. The first kappa shape index (κ1) is 21.5. The quantitative estimate of drug-likeness (QED) is 0.474. The van der Waals surface area contributed by atoms with Crippen molar-refractivity contribution in [1.82, 2.24) is 29.2 Å². The predicted molar refractivity (Wildman–Crippen MR) is 131 cm³/mol. The number of benzene rings is 1. The summed E-state index contributed by atoms with van der Waals surface area (Å²) in [5.74, 6) is 2.04. The van der Waals surface area contributed by atoms with Crippen LogP contribution in [0.5, 0.6) is 0 Å². The Morgan fingerprint density at radius 3 is 2.76 bits per heavy atom. The summed E-state index contributed by atoms with van der Waals surface area (Å²) in [6, 6.07) is 10.3. The molecule has 1 fully saturated rings. The highest BCUT2D eigenvalue weighted by Gasteiger charge is 2.28. The molecule has 0 atom stereocenters. The summed E-state index contributed by atoms with van der Waals surface area (Å²) in [7, 11) is 4.08. The maximum Gasteiger partial charge on any atom is 0.222 e. The van der Waals surface area contributed by atoms with Crippen LogP contribution in [0.25, 0.3) is 27.8 Å². The van der Waals surface area contributed by atoms with Crippen LogP contribution in [0.3, 0.4) is 0 Å². The second kappa shape index (κ2) is 8.86. The van der Waals surface area contributed by atoms with Crippen LogP contribution in [0.15, 0.2) is 42.7 Å². The Morgan fingerprint density at radius 2 is 2.00 bits per heavy atom. The van der Waals surface area contributed by atoms with Crippen molar-refractivity contribution in [2.45, 2.75) is 31.6 Å². The number of nitrogens with two attached hydrogens (primary N) is 1. The van der Waals surface area contributed by atoms with Crippen LogP contribution >= 0.6 is 0 Å². The fourth-order valence-corrected chi connectivity index (χ4v) is 4.85. The first-order valence-electron chi connectivity index (χ1n) is 11.6. The molecule has 0 radical (unpaired) electrons. The normalized spacial score (nSPS) is 15.2. The highest BCUT2D eigenvalue weighted by molar-refractivity contribution is 5.88. The van der Waals surface area contributed by atoms with Crippen molar-refractivity contribution >= 4 is 28.1 Å². The largest absolute Gasteiger partial charge is 0.383 e. The molecule has 172 valence electrons. The van der Waals surface area contributed by atoms with E-state index in [4.69, 9.17) is 10.7 Å². The van der Waals surface area contributed by atoms with Crippen molar-refractivity contribution in [3.63, 3.8) is 0 Å². The summed E-state index contributed by atoms with van der Waals surface area (Å²) in [4.78, 5) is 29.6. The molecule has 1 saturated heterocycles. The maximum atomic E-state index is 12.6. The summed E-state index contributed by atoms with van der Waals surface area (Å²) in [6.45, 7) is 2.45. The Kier molecular flexibility index (Phi) is 5.76. The molecule has 1 aromatic carbocycles. The third-order valence-corrected chi connectivity index (χ3v) is 6.59. The Morgan fingerprint density at radius 1 is 1.21 bits per heavy atom. The number of nitrogens with one attached hydrogen (secondary N) is 1. The Balaban J connectivity index is 1.40. The third-order valence-electron chi connectivity index (χ3n) is 6.59. The lowest BCUT2D eigenvalue weighted by atomic mass is 9.95. The molecule has 1 aliphatic rings. The zero-order chi connectivity index (χ0) is 22.9. The van der Waals surface area contributed by atoms with Crippen LogP contribution in [0, 0.1) is 0 Å². The number of anilines is 1. The number of hydrogen-bond acceptors (Lipinski definition) is 5. The van der Waals surface area contributed by atoms with Gasteiger partial charge in [-0.15, -0.1) is 0 Å².